The van der Waals surface area contributed by atoms with Crippen molar-refractivity contribution in [3.63, 3.8) is 0 Å². The monoisotopic (exact) mass is 880 g/mol. The van der Waals surface area contributed by atoms with Gasteiger partial charge in [0, 0.05) is 7.11 Å². The Labute approximate surface area is 383 Å². The summed E-state index contributed by atoms with van der Waals surface area (Å²) in [6.07, 6.45) is -7.18. The molecular weight excluding hydrogens is 821 g/mol. The molecule has 0 radical (unpaired) electrons. The van der Waals surface area contributed by atoms with Crippen LogP contribution in [0.3, 0.4) is 0 Å². The number of rotatable bonds is 22. The van der Waals surface area contributed by atoms with E-state index >= 15 is 0 Å². The molecule has 0 amide bonds. The molecule has 0 aromatic heterocycles. The summed E-state index contributed by atoms with van der Waals surface area (Å²) < 4.78 is 68.0. The van der Waals surface area contributed by atoms with Gasteiger partial charge in [0.25, 0.3) is 0 Å². The van der Waals surface area contributed by atoms with Crippen molar-refractivity contribution >= 4 is 0 Å². The SMILES string of the molecule is CO[C@@H]1O[C@H](COCc2ccccc2)[C@@H](O[C@@H]2O[C@H](C)[C@@H](OCc3ccccc3)[C@H](OCc3ccccc3)[C@H]2OCc2ccccc2)[C@H](OCc2ccccc2)[C@H]1OCc1ccccc1. The maximum absolute atomic E-state index is 7.34. The number of benzene rings is 6. The van der Waals surface area contributed by atoms with Crippen LogP contribution >= 0.6 is 0 Å². The van der Waals surface area contributed by atoms with Gasteiger partial charge in [-0.05, 0) is 40.3 Å². The third-order valence-electron chi connectivity index (χ3n) is 11.7. The van der Waals surface area contributed by atoms with Gasteiger partial charge in [-0.1, -0.05) is 182 Å². The van der Waals surface area contributed by atoms with E-state index in [1.54, 1.807) is 7.11 Å². The van der Waals surface area contributed by atoms with Crippen LogP contribution < -0.4 is 0 Å². The smallest absolute Gasteiger partial charge is 0.187 e. The molecule has 2 heterocycles. The molecule has 0 unspecified atom stereocenters. The van der Waals surface area contributed by atoms with Gasteiger partial charge in [-0.2, -0.15) is 0 Å². The Morgan fingerprint density at radius 2 is 0.677 bits per heavy atom. The molecule has 2 fully saturated rings. The molecule has 340 valence electrons. The largest absolute Gasteiger partial charge is 0.374 e. The maximum Gasteiger partial charge on any atom is 0.187 e. The predicted octanol–water partition coefficient (Wildman–Crippen LogP) is 9.63. The summed E-state index contributed by atoms with van der Waals surface area (Å²) in [6, 6.07) is 60.4. The Hall–Kier alpha value is -5.08. The van der Waals surface area contributed by atoms with Gasteiger partial charge >= 0.3 is 0 Å². The minimum atomic E-state index is -0.979. The van der Waals surface area contributed by atoms with Gasteiger partial charge in [0.2, 0.25) is 0 Å². The average molecular weight is 881 g/mol. The molecular formula is C55H60O10. The van der Waals surface area contributed by atoms with Crippen LogP contribution in [0.1, 0.15) is 40.3 Å². The summed E-state index contributed by atoms with van der Waals surface area (Å²) in [7, 11) is 1.62. The molecule has 0 bridgehead atoms. The van der Waals surface area contributed by atoms with Crippen molar-refractivity contribution in [3.05, 3.63) is 215 Å². The molecule has 6 aromatic carbocycles. The quantitative estimate of drug-likeness (QED) is 0.0657. The lowest BCUT2D eigenvalue weighted by atomic mass is 9.96. The Kier molecular flexibility index (Phi) is 17.5. The third kappa shape index (κ3) is 13.3. The molecule has 6 aromatic rings. The van der Waals surface area contributed by atoms with E-state index in [0.29, 0.717) is 19.8 Å². The van der Waals surface area contributed by atoms with E-state index in [-0.39, 0.29) is 26.4 Å². The highest BCUT2D eigenvalue weighted by Crippen LogP contribution is 2.36. The van der Waals surface area contributed by atoms with Gasteiger partial charge < -0.3 is 47.4 Å². The molecule has 0 saturated carbocycles. The lowest BCUT2D eigenvalue weighted by Crippen LogP contribution is -2.65. The second-order valence-corrected chi connectivity index (χ2v) is 16.4. The fourth-order valence-corrected chi connectivity index (χ4v) is 8.27. The predicted molar refractivity (Wildman–Crippen MR) is 246 cm³/mol. The number of methoxy groups -OCH3 is 1. The molecule has 0 N–H and O–H groups in total. The fourth-order valence-electron chi connectivity index (χ4n) is 8.27. The van der Waals surface area contributed by atoms with E-state index in [1.165, 1.54) is 0 Å². The fraction of sp³-hybridized carbons (Fsp3) is 0.345. The highest BCUT2D eigenvalue weighted by Gasteiger charge is 2.54. The molecule has 10 atom stereocenters. The highest BCUT2D eigenvalue weighted by molar-refractivity contribution is 5.18. The van der Waals surface area contributed by atoms with E-state index < -0.39 is 61.4 Å². The molecule has 2 saturated heterocycles. The highest BCUT2D eigenvalue weighted by atomic mass is 16.8. The molecule has 8 rings (SSSR count). The lowest BCUT2D eigenvalue weighted by molar-refractivity contribution is -0.372. The summed E-state index contributed by atoms with van der Waals surface area (Å²) in [5.41, 5.74) is 6.06. The van der Waals surface area contributed by atoms with E-state index in [1.807, 2.05) is 189 Å². The summed E-state index contributed by atoms with van der Waals surface area (Å²) in [5, 5.41) is 0. The van der Waals surface area contributed by atoms with Crippen LogP contribution in [0, 0.1) is 0 Å². The van der Waals surface area contributed by atoms with Crippen molar-refractivity contribution in [2.45, 2.75) is 108 Å². The van der Waals surface area contributed by atoms with Gasteiger partial charge in [-0.15, -0.1) is 0 Å². The van der Waals surface area contributed by atoms with Crippen molar-refractivity contribution in [2.75, 3.05) is 13.7 Å². The lowest BCUT2D eigenvalue weighted by Gasteiger charge is -2.49. The Morgan fingerprint density at radius 3 is 1.06 bits per heavy atom. The molecule has 10 nitrogen and oxygen atoms in total. The van der Waals surface area contributed by atoms with Crippen molar-refractivity contribution in [2.24, 2.45) is 0 Å². The third-order valence-corrected chi connectivity index (χ3v) is 11.7. The first-order valence-electron chi connectivity index (χ1n) is 22.5. The zero-order chi connectivity index (χ0) is 44.5. The van der Waals surface area contributed by atoms with Gasteiger partial charge in [0.05, 0.1) is 52.4 Å². The molecule has 65 heavy (non-hydrogen) atoms. The number of hydrogen-bond acceptors (Lipinski definition) is 10. The Bertz CT molecular complexity index is 2200. The van der Waals surface area contributed by atoms with E-state index in [0.717, 1.165) is 33.4 Å². The van der Waals surface area contributed by atoms with Crippen LogP contribution in [0.15, 0.2) is 182 Å². The zero-order valence-corrected chi connectivity index (χ0v) is 37.1. The van der Waals surface area contributed by atoms with Gasteiger partial charge in [0.1, 0.15) is 42.7 Å². The molecule has 2 aliphatic heterocycles. The molecule has 2 aliphatic rings. The van der Waals surface area contributed by atoms with Crippen molar-refractivity contribution in [3.8, 4) is 0 Å². The summed E-state index contributed by atoms with van der Waals surface area (Å²) in [5.74, 6) is 0. The molecule has 0 aliphatic carbocycles. The van der Waals surface area contributed by atoms with Crippen LogP contribution in [0.25, 0.3) is 0 Å². The van der Waals surface area contributed by atoms with Crippen LogP contribution in [0.5, 0.6) is 0 Å². The second-order valence-electron chi connectivity index (χ2n) is 16.4. The van der Waals surface area contributed by atoms with Gasteiger partial charge in [-0.3, -0.25) is 0 Å². The second kappa shape index (κ2) is 24.4. The summed E-state index contributed by atoms with van der Waals surface area (Å²) >= 11 is 0. The van der Waals surface area contributed by atoms with E-state index in [4.69, 9.17) is 47.4 Å². The first kappa shape index (κ1) is 46.4. The minimum Gasteiger partial charge on any atom is -0.374 e. The normalized spacial score (nSPS) is 25.6. The first-order valence-corrected chi connectivity index (χ1v) is 22.5. The van der Waals surface area contributed by atoms with Gasteiger partial charge in [-0.25, -0.2) is 0 Å². The van der Waals surface area contributed by atoms with Crippen molar-refractivity contribution in [1.29, 1.82) is 0 Å². The Balaban J connectivity index is 1.15. The van der Waals surface area contributed by atoms with Gasteiger partial charge in [0.15, 0.2) is 12.6 Å². The minimum absolute atomic E-state index is 0.157. The van der Waals surface area contributed by atoms with Crippen LogP contribution in [0.2, 0.25) is 0 Å². The molecule has 10 heteroatoms. The summed E-state index contributed by atoms with van der Waals surface area (Å²) in [4.78, 5) is 0. The van der Waals surface area contributed by atoms with E-state index in [2.05, 4.69) is 0 Å². The number of hydrogen-bond donors (Lipinski definition) is 0. The van der Waals surface area contributed by atoms with Crippen molar-refractivity contribution < 1.29 is 47.4 Å². The number of ether oxygens (including phenoxy) is 10. The molecule has 0 spiro atoms. The van der Waals surface area contributed by atoms with Crippen LogP contribution in [-0.4, -0.2) is 75.1 Å². The van der Waals surface area contributed by atoms with Crippen LogP contribution in [0.4, 0.5) is 0 Å². The van der Waals surface area contributed by atoms with E-state index in [9.17, 15) is 0 Å². The van der Waals surface area contributed by atoms with Crippen LogP contribution in [-0.2, 0) is 87.0 Å². The summed E-state index contributed by atoms with van der Waals surface area (Å²) in [6.45, 7) is 4.02. The average Bonchev–Trinajstić information content (AvgIpc) is 3.36. The van der Waals surface area contributed by atoms with Crippen molar-refractivity contribution in [1.82, 2.24) is 0 Å². The zero-order valence-electron chi connectivity index (χ0n) is 37.1. The standard InChI is InChI=1S/C55H60O10/c1-40-48(58-34-42-23-11-4-12-24-42)50(59-35-43-25-13-5-14-26-43)53(62-38-46-31-19-8-20-32-46)55(63-40)65-49-47(39-57-33-41-21-9-3-10-22-41)64-54(56-2)52(61-37-45-29-17-7-18-30-45)51(49)60-36-44-27-15-6-16-28-44/h3-32,40,47-55H,33-39H2,1-2H3/t40-,47-,48-,49-,50+,51+,52-,53-,54-,55+/m1/s1. The first-order chi connectivity index (χ1) is 32.1. The Morgan fingerprint density at radius 1 is 0.354 bits per heavy atom. The maximum atomic E-state index is 7.34. The topological polar surface area (TPSA) is 92.3 Å².